The minimum absolute atomic E-state index is 0.129. The average Bonchev–Trinajstić information content (AvgIpc) is 2.69. The second-order valence-electron chi connectivity index (χ2n) is 5.31. The van der Waals surface area contributed by atoms with E-state index < -0.39 is 5.60 Å². The lowest BCUT2D eigenvalue weighted by molar-refractivity contribution is 0.0267. The van der Waals surface area contributed by atoms with Crippen molar-refractivity contribution in [3.05, 3.63) is 28.7 Å². The molecule has 2 atom stereocenters. The lowest BCUT2D eigenvalue weighted by Crippen LogP contribution is -2.37. The maximum absolute atomic E-state index is 12.2. The SMILES string of the molecule is C[C@@]1(O)CCC[C@H]1n1c(=O)ccc2cnc(N)nc21. The highest BCUT2D eigenvalue weighted by molar-refractivity contribution is 5.75. The van der Waals surface area contributed by atoms with Crippen molar-refractivity contribution in [1.29, 1.82) is 0 Å². The summed E-state index contributed by atoms with van der Waals surface area (Å²) < 4.78 is 1.56. The number of nitrogens with zero attached hydrogens (tertiary/aromatic N) is 3. The van der Waals surface area contributed by atoms with Gasteiger partial charge in [-0.2, -0.15) is 4.98 Å². The minimum atomic E-state index is -0.891. The van der Waals surface area contributed by atoms with Crippen molar-refractivity contribution in [1.82, 2.24) is 14.5 Å². The van der Waals surface area contributed by atoms with Gasteiger partial charge < -0.3 is 10.8 Å². The van der Waals surface area contributed by atoms with Crippen LogP contribution in [0.25, 0.3) is 11.0 Å². The first-order chi connectivity index (χ1) is 8.99. The molecular weight excluding hydrogens is 244 g/mol. The zero-order valence-electron chi connectivity index (χ0n) is 10.7. The van der Waals surface area contributed by atoms with Gasteiger partial charge in [0.25, 0.3) is 5.56 Å². The molecule has 0 saturated heterocycles. The number of fused-ring (bicyclic) bond motifs is 1. The lowest BCUT2D eigenvalue weighted by atomic mass is 10.00. The normalized spacial score (nSPS) is 26.9. The molecule has 100 valence electrons. The smallest absolute Gasteiger partial charge is 0.252 e. The second kappa shape index (κ2) is 4.03. The van der Waals surface area contributed by atoms with Crippen LogP contribution < -0.4 is 11.3 Å². The summed E-state index contributed by atoms with van der Waals surface area (Å²) in [5.41, 5.74) is 5.04. The van der Waals surface area contributed by atoms with E-state index in [4.69, 9.17) is 5.73 Å². The van der Waals surface area contributed by atoms with E-state index in [-0.39, 0.29) is 17.5 Å². The third-order valence-electron chi connectivity index (χ3n) is 3.88. The van der Waals surface area contributed by atoms with Crippen molar-refractivity contribution in [2.24, 2.45) is 0 Å². The number of pyridine rings is 1. The van der Waals surface area contributed by atoms with Crippen LogP contribution >= 0.6 is 0 Å². The topological polar surface area (TPSA) is 94.0 Å². The summed E-state index contributed by atoms with van der Waals surface area (Å²) in [6.45, 7) is 1.76. The van der Waals surface area contributed by atoms with Crippen molar-refractivity contribution in [2.75, 3.05) is 5.73 Å². The molecule has 6 heteroatoms. The first-order valence-electron chi connectivity index (χ1n) is 6.35. The Kier molecular flexibility index (Phi) is 2.56. The van der Waals surface area contributed by atoms with Crippen LogP contribution in [0.15, 0.2) is 23.1 Å². The van der Waals surface area contributed by atoms with Gasteiger partial charge in [-0.15, -0.1) is 0 Å². The van der Waals surface area contributed by atoms with Crippen LogP contribution in [-0.4, -0.2) is 25.2 Å². The summed E-state index contributed by atoms with van der Waals surface area (Å²) in [6, 6.07) is 2.89. The minimum Gasteiger partial charge on any atom is -0.388 e. The molecule has 2 heterocycles. The van der Waals surface area contributed by atoms with E-state index in [1.54, 1.807) is 23.8 Å². The predicted octanol–water partition coefficient (Wildman–Crippen LogP) is 0.850. The summed E-state index contributed by atoms with van der Waals surface area (Å²) in [5.74, 6) is 0.129. The van der Waals surface area contributed by atoms with E-state index >= 15 is 0 Å². The van der Waals surface area contributed by atoms with Crippen LogP contribution in [0.2, 0.25) is 0 Å². The number of hydrogen-bond acceptors (Lipinski definition) is 5. The van der Waals surface area contributed by atoms with E-state index in [2.05, 4.69) is 9.97 Å². The highest BCUT2D eigenvalue weighted by Crippen LogP contribution is 2.39. The van der Waals surface area contributed by atoms with E-state index in [9.17, 15) is 9.90 Å². The number of anilines is 1. The molecule has 0 unspecified atom stereocenters. The van der Waals surface area contributed by atoms with Crippen LogP contribution in [-0.2, 0) is 0 Å². The van der Waals surface area contributed by atoms with Gasteiger partial charge in [0.05, 0.1) is 11.6 Å². The molecule has 1 aliphatic carbocycles. The second-order valence-corrected chi connectivity index (χ2v) is 5.31. The number of nitrogens with two attached hydrogens (primary N) is 1. The van der Waals surface area contributed by atoms with E-state index in [0.717, 1.165) is 18.2 Å². The number of hydrogen-bond donors (Lipinski definition) is 2. The molecule has 0 aromatic carbocycles. The molecule has 3 rings (SSSR count). The Labute approximate surface area is 109 Å². The van der Waals surface area contributed by atoms with Crippen LogP contribution in [0.3, 0.4) is 0 Å². The Morgan fingerprint density at radius 3 is 3.00 bits per heavy atom. The number of aliphatic hydroxyl groups is 1. The van der Waals surface area contributed by atoms with Gasteiger partial charge in [-0.05, 0) is 32.3 Å². The zero-order chi connectivity index (χ0) is 13.6. The van der Waals surface area contributed by atoms with Crippen LogP contribution in [0.1, 0.15) is 32.2 Å². The summed E-state index contributed by atoms with van der Waals surface area (Å²) in [6.07, 6.45) is 3.93. The molecule has 0 aliphatic heterocycles. The Balaban J connectivity index is 2.30. The monoisotopic (exact) mass is 260 g/mol. The highest BCUT2D eigenvalue weighted by Gasteiger charge is 2.39. The van der Waals surface area contributed by atoms with Gasteiger partial charge in [0.15, 0.2) is 0 Å². The first-order valence-corrected chi connectivity index (χ1v) is 6.35. The van der Waals surface area contributed by atoms with Gasteiger partial charge in [0, 0.05) is 17.6 Å². The number of nitrogen functional groups attached to an aromatic ring is 1. The largest absolute Gasteiger partial charge is 0.388 e. The summed E-state index contributed by atoms with van der Waals surface area (Å²) in [7, 11) is 0. The Morgan fingerprint density at radius 1 is 1.53 bits per heavy atom. The van der Waals surface area contributed by atoms with Gasteiger partial charge in [-0.3, -0.25) is 9.36 Å². The molecule has 0 bridgehead atoms. The molecule has 19 heavy (non-hydrogen) atoms. The average molecular weight is 260 g/mol. The maximum atomic E-state index is 12.2. The third-order valence-corrected chi connectivity index (χ3v) is 3.88. The predicted molar refractivity (Wildman–Crippen MR) is 71.7 cm³/mol. The Morgan fingerprint density at radius 2 is 2.32 bits per heavy atom. The zero-order valence-corrected chi connectivity index (χ0v) is 10.7. The standard InChI is InChI=1S/C13H16N4O2/c1-13(19)6-2-3-9(13)17-10(18)5-4-8-7-15-12(14)16-11(8)17/h4-5,7,9,19H,2-3,6H2,1H3,(H2,14,15,16)/t9-,13-/m1/s1. The van der Waals surface area contributed by atoms with Crippen LogP contribution in [0, 0.1) is 0 Å². The molecule has 0 amide bonds. The van der Waals surface area contributed by atoms with Gasteiger partial charge in [0.1, 0.15) is 5.65 Å². The molecule has 3 N–H and O–H groups in total. The third kappa shape index (κ3) is 1.88. The van der Waals surface area contributed by atoms with E-state index in [1.165, 1.54) is 6.07 Å². The molecular formula is C13H16N4O2. The molecule has 1 fully saturated rings. The molecule has 6 nitrogen and oxygen atoms in total. The maximum Gasteiger partial charge on any atom is 0.252 e. The van der Waals surface area contributed by atoms with Gasteiger partial charge in [-0.25, -0.2) is 4.98 Å². The van der Waals surface area contributed by atoms with Gasteiger partial charge in [-0.1, -0.05) is 0 Å². The summed E-state index contributed by atoms with van der Waals surface area (Å²) in [4.78, 5) is 20.3. The quantitative estimate of drug-likeness (QED) is 0.792. The van der Waals surface area contributed by atoms with Gasteiger partial charge >= 0.3 is 0 Å². The van der Waals surface area contributed by atoms with Crippen molar-refractivity contribution >= 4 is 17.0 Å². The molecule has 2 aromatic heterocycles. The van der Waals surface area contributed by atoms with E-state index in [1.807, 2.05) is 0 Å². The Bertz CT molecular complexity index is 693. The Hall–Kier alpha value is -1.95. The fourth-order valence-corrected chi connectivity index (χ4v) is 2.89. The number of rotatable bonds is 1. The summed E-state index contributed by atoms with van der Waals surface area (Å²) in [5, 5.41) is 11.2. The van der Waals surface area contributed by atoms with Crippen molar-refractivity contribution in [2.45, 2.75) is 37.8 Å². The molecule has 2 aromatic rings. The fraction of sp³-hybridized carbons (Fsp3) is 0.462. The summed E-state index contributed by atoms with van der Waals surface area (Å²) >= 11 is 0. The van der Waals surface area contributed by atoms with Crippen molar-refractivity contribution in [3.8, 4) is 0 Å². The molecule has 1 saturated carbocycles. The molecule has 0 radical (unpaired) electrons. The van der Waals surface area contributed by atoms with Crippen molar-refractivity contribution < 1.29 is 5.11 Å². The fourth-order valence-electron chi connectivity index (χ4n) is 2.89. The molecule has 0 spiro atoms. The van der Waals surface area contributed by atoms with Gasteiger partial charge in [0.2, 0.25) is 5.95 Å². The van der Waals surface area contributed by atoms with Crippen molar-refractivity contribution in [3.63, 3.8) is 0 Å². The first kappa shape index (κ1) is 12.1. The van der Waals surface area contributed by atoms with Crippen LogP contribution in [0.5, 0.6) is 0 Å². The molecule has 1 aliphatic rings. The van der Waals surface area contributed by atoms with Crippen LogP contribution in [0.4, 0.5) is 5.95 Å². The number of aromatic nitrogens is 3. The van der Waals surface area contributed by atoms with E-state index in [0.29, 0.717) is 12.1 Å². The highest BCUT2D eigenvalue weighted by atomic mass is 16.3. The lowest BCUT2D eigenvalue weighted by Gasteiger charge is -2.28.